The number of Topliss-reactive ketones (excluding diaryl/α,β-unsaturated/α-hetero) is 1. The highest BCUT2D eigenvalue weighted by Crippen LogP contribution is 2.32. The van der Waals surface area contributed by atoms with E-state index in [-0.39, 0.29) is 35.6 Å². The number of pyridine rings is 1. The number of ketones is 1. The zero-order valence-corrected chi connectivity index (χ0v) is 19.3. The number of hydrogen-bond acceptors (Lipinski definition) is 8. The maximum absolute atomic E-state index is 13.5. The summed E-state index contributed by atoms with van der Waals surface area (Å²) in [4.78, 5) is 37.3. The van der Waals surface area contributed by atoms with E-state index in [1.165, 1.54) is 6.92 Å². The molecule has 2 fully saturated rings. The molecule has 9 heteroatoms. The molecule has 2 atom stereocenters. The number of ether oxygens (including phenoxy) is 1. The first-order valence-electron chi connectivity index (χ1n) is 11.4. The molecule has 1 aliphatic heterocycles. The van der Waals surface area contributed by atoms with Gasteiger partial charge in [-0.2, -0.15) is 4.98 Å². The summed E-state index contributed by atoms with van der Waals surface area (Å²) >= 11 is 0. The number of aliphatic hydroxyl groups is 1. The van der Waals surface area contributed by atoms with Gasteiger partial charge in [0.2, 0.25) is 5.95 Å². The fourth-order valence-corrected chi connectivity index (χ4v) is 5.05. The minimum absolute atomic E-state index is 0.0173. The van der Waals surface area contributed by atoms with Crippen molar-refractivity contribution in [2.45, 2.75) is 70.2 Å². The van der Waals surface area contributed by atoms with Crippen molar-refractivity contribution in [2.75, 3.05) is 32.6 Å². The van der Waals surface area contributed by atoms with Crippen LogP contribution in [0.5, 0.6) is 0 Å². The highest BCUT2D eigenvalue weighted by Gasteiger charge is 2.29. The third-order valence-corrected chi connectivity index (χ3v) is 6.96. The summed E-state index contributed by atoms with van der Waals surface area (Å²) in [6, 6.07) is 0.263. The van der Waals surface area contributed by atoms with Crippen LogP contribution in [0.1, 0.15) is 61.0 Å². The molecule has 9 nitrogen and oxygen atoms in total. The van der Waals surface area contributed by atoms with Gasteiger partial charge in [-0.05, 0) is 65.6 Å². The number of carbonyl (C=O) groups is 1. The first kappa shape index (κ1) is 22.8. The summed E-state index contributed by atoms with van der Waals surface area (Å²) in [6.45, 7) is 4.05. The maximum Gasteiger partial charge on any atom is 0.263 e. The van der Waals surface area contributed by atoms with Gasteiger partial charge in [-0.15, -0.1) is 0 Å². The van der Waals surface area contributed by atoms with Crippen molar-refractivity contribution in [3.63, 3.8) is 0 Å². The molecule has 174 valence electrons. The van der Waals surface area contributed by atoms with Gasteiger partial charge >= 0.3 is 0 Å². The molecule has 0 aromatic carbocycles. The molecule has 1 aliphatic carbocycles. The van der Waals surface area contributed by atoms with Crippen LogP contribution in [0.4, 0.5) is 5.95 Å². The summed E-state index contributed by atoms with van der Waals surface area (Å²) in [5.74, 6) is 0.131. The number of carbonyl (C=O) groups excluding carboxylic acids is 1. The third kappa shape index (κ3) is 4.29. The second kappa shape index (κ2) is 9.25. The molecule has 32 heavy (non-hydrogen) atoms. The molecule has 0 spiro atoms. The fourth-order valence-electron chi connectivity index (χ4n) is 5.05. The summed E-state index contributed by atoms with van der Waals surface area (Å²) in [5.41, 5.74) is 1.11. The Kier molecular flexibility index (Phi) is 6.60. The molecule has 0 bridgehead atoms. The Labute approximate surface area is 187 Å². The van der Waals surface area contributed by atoms with Crippen LogP contribution >= 0.6 is 0 Å². The van der Waals surface area contributed by atoms with E-state index >= 15 is 0 Å². The molecule has 1 saturated carbocycles. The van der Waals surface area contributed by atoms with Crippen molar-refractivity contribution < 1.29 is 14.6 Å². The van der Waals surface area contributed by atoms with Crippen molar-refractivity contribution in [3.8, 4) is 0 Å². The van der Waals surface area contributed by atoms with Gasteiger partial charge < -0.3 is 20.1 Å². The SMILES string of the molecule is CC(=O)c1c(C)c2cnc(N[C@@H]3CCOC[C@H]3O)nc2n([C@H]2CC[C@H](N(C)C)CC2)c1=O. The first-order valence-corrected chi connectivity index (χ1v) is 11.4. The maximum atomic E-state index is 13.5. The number of fused-ring (bicyclic) bond motifs is 1. The molecule has 0 unspecified atom stereocenters. The Morgan fingerprint density at radius 3 is 2.59 bits per heavy atom. The van der Waals surface area contributed by atoms with Crippen molar-refractivity contribution in [1.82, 2.24) is 19.4 Å². The van der Waals surface area contributed by atoms with Crippen LogP contribution in [0.15, 0.2) is 11.0 Å². The molecule has 2 aromatic heterocycles. The van der Waals surface area contributed by atoms with Gasteiger partial charge in [0.05, 0.1) is 24.3 Å². The van der Waals surface area contributed by atoms with Crippen LogP contribution in [0.3, 0.4) is 0 Å². The van der Waals surface area contributed by atoms with Crippen molar-refractivity contribution >= 4 is 22.8 Å². The minimum atomic E-state index is -0.645. The molecule has 0 radical (unpaired) electrons. The predicted molar refractivity (Wildman–Crippen MR) is 122 cm³/mol. The third-order valence-electron chi connectivity index (χ3n) is 6.96. The van der Waals surface area contributed by atoms with Gasteiger partial charge in [0.15, 0.2) is 5.78 Å². The van der Waals surface area contributed by atoms with Gasteiger partial charge in [0.1, 0.15) is 5.65 Å². The van der Waals surface area contributed by atoms with Gasteiger partial charge in [-0.3, -0.25) is 14.2 Å². The first-order chi connectivity index (χ1) is 15.3. The lowest BCUT2D eigenvalue weighted by Crippen LogP contribution is -2.42. The Bertz CT molecular complexity index is 1060. The number of nitrogens with zero attached hydrogens (tertiary/aromatic N) is 4. The molecule has 2 N–H and O–H groups in total. The molecule has 1 saturated heterocycles. The molecular weight excluding hydrogens is 410 g/mol. The number of anilines is 1. The molecule has 4 rings (SSSR count). The van der Waals surface area contributed by atoms with Gasteiger partial charge in [-0.25, -0.2) is 4.98 Å². The van der Waals surface area contributed by atoms with Gasteiger partial charge in [0, 0.05) is 30.3 Å². The van der Waals surface area contributed by atoms with Gasteiger partial charge in [0.25, 0.3) is 5.56 Å². The Balaban J connectivity index is 1.78. The van der Waals surface area contributed by atoms with Crippen LogP contribution in [0, 0.1) is 6.92 Å². The number of aliphatic hydroxyl groups excluding tert-OH is 1. The van der Waals surface area contributed by atoms with E-state index in [1.807, 2.05) is 0 Å². The van der Waals surface area contributed by atoms with Crippen molar-refractivity contribution in [2.24, 2.45) is 0 Å². The smallest absolute Gasteiger partial charge is 0.263 e. The number of aromatic nitrogens is 3. The fraction of sp³-hybridized carbons (Fsp3) is 0.652. The predicted octanol–water partition coefficient (Wildman–Crippen LogP) is 1.91. The number of aryl methyl sites for hydroxylation is 1. The van der Waals surface area contributed by atoms with Crippen LogP contribution in [0.2, 0.25) is 0 Å². The lowest BCUT2D eigenvalue weighted by atomic mass is 9.89. The summed E-state index contributed by atoms with van der Waals surface area (Å²) in [6.07, 6.45) is 5.35. The zero-order valence-electron chi connectivity index (χ0n) is 19.3. The van der Waals surface area contributed by atoms with E-state index in [0.717, 1.165) is 25.7 Å². The second-order valence-electron chi connectivity index (χ2n) is 9.27. The molecular formula is C23H33N5O4. The standard InChI is InChI=1S/C23H33N5O4/c1-13-17-11-24-23(25-18-9-10-32-12-19(18)30)26-21(17)28(22(31)20(13)14(2)29)16-7-5-15(6-8-16)27(3)4/h11,15-16,18-19,30H,5-10,12H2,1-4H3,(H,24,25,26)/t15-,16-,18-,19-/m1/s1. The van der Waals surface area contributed by atoms with Crippen LogP contribution < -0.4 is 10.9 Å². The largest absolute Gasteiger partial charge is 0.389 e. The number of rotatable bonds is 5. The summed E-state index contributed by atoms with van der Waals surface area (Å²) in [5, 5.41) is 14.1. The lowest BCUT2D eigenvalue weighted by molar-refractivity contribution is -0.0136. The number of nitrogens with one attached hydrogen (secondary N) is 1. The molecule has 2 aliphatic rings. The van der Waals surface area contributed by atoms with E-state index in [2.05, 4.69) is 29.3 Å². The van der Waals surface area contributed by atoms with Crippen LogP contribution in [-0.2, 0) is 4.74 Å². The zero-order chi connectivity index (χ0) is 23.0. The highest BCUT2D eigenvalue weighted by atomic mass is 16.5. The average molecular weight is 444 g/mol. The highest BCUT2D eigenvalue weighted by molar-refractivity contribution is 5.99. The van der Waals surface area contributed by atoms with Crippen LogP contribution in [0.25, 0.3) is 11.0 Å². The van der Waals surface area contributed by atoms with Crippen molar-refractivity contribution in [3.05, 3.63) is 27.7 Å². The summed E-state index contributed by atoms with van der Waals surface area (Å²) in [7, 11) is 4.17. The monoisotopic (exact) mass is 443 g/mol. The van der Waals surface area contributed by atoms with E-state index in [4.69, 9.17) is 9.72 Å². The molecule has 2 aromatic rings. The topological polar surface area (TPSA) is 110 Å². The van der Waals surface area contributed by atoms with E-state index < -0.39 is 6.10 Å². The minimum Gasteiger partial charge on any atom is -0.389 e. The normalized spacial score (nSPS) is 26.4. The average Bonchev–Trinajstić information content (AvgIpc) is 2.75. The number of hydrogen-bond donors (Lipinski definition) is 2. The lowest BCUT2D eigenvalue weighted by Gasteiger charge is -2.34. The van der Waals surface area contributed by atoms with E-state index in [1.54, 1.807) is 17.7 Å². The quantitative estimate of drug-likeness (QED) is 0.675. The Morgan fingerprint density at radius 1 is 1.25 bits per heavy atom. The Morgan fingerprint density at radius 2 is 1.97 bits per heavy atom. The van der Waals surface area contributed by atoms with Crippen LogP contribution in [-0.4, -0.2) is 75.8 Å². The summed E-state index contributed by atoms with van der Waals surface area (Å²) < 4.78 is 7.02. The van der Waals surface area contributed by atoms with E-state index in [9.17, 15) is 14.7 Å². The van der Waals surface area contributed by atoms with E-state index in [0.29, 0.717) is 41.6 Å². The molecule has 0 amide bonds. The van der Waals surface area contributed by atoms with Crippen molar-refractivity contribution in [1.29, 1.82) is 0 Å². The van der Waals surface area contributed by atoms with Gasteiger partial charge in [-0.1, -0.05) is 0 Å². The Hall–Kier alpha value is -2.36. The molecule has 3 heterocycles. The second-order valence-corrected chi connectivity index (χ2v) is 9.27.